The lowest BCUT2D eigenvalue weighted by Crippen LogP contribution is -2.00. The minimum Gasteiger partial charge on any atom is -0.496 e. The van der Waals surface area contributed by atoms with Crippen LogP contribution in [0.3, 0.4) is 0 Å². The van der Waals surface area contributed by atoms with Gasteiger partial charge in [0.1, 0.15) is 23.1 Å². The molecule has 1 fully saturated rings. The topological polar surface area (TPSA) is 57.4 Å². The standard InChI is InChI=1S/C16H17FN2O2/c1-20-15-6-11(21-9-10-2-3-10)4-5-12(15)13-7-16(18)19-8-14(13)17/h4-8,10H,2-3,9H2,1H3,(H2,18,19). The zero-order valence-electron chi connectivity index (χ0n) is 11.8. The van der Waals surface area contributed by atoms with Crippen LogP contribution in [0.1, 0.15) is 12.8 Å². The summed E-state index contributed by atoms with van der Waals surface area (Å²) in [4.78, 5) is 3.73. The summed E-state index contributed by atoms with van der Waals surface area (Å²) < 4.78 is 25.0. The van der Waals surface area contributed by atoms with E-state index in [4.69, 9.17) is 15.2 Å². The smallest absolute Gasteiger partial charge is 0.149 e. The van der Waals surface area contributed by atoms with Crippen LogP contribution in [0.5, 0.6) is 11.5 Å². The van der Waals surface area contributed by atoms with Crippen molar-refractivity contribution in [2.45, 2.75) is 12.8 Å². The number of aromatic nitrogens is 1. The molecule has 2 N–H and O–H groups in total. The first-order valence-corrected chi connectivity index (χ1v) is 6.89. The summed E-state index contributed by atoms with van der Waals surface area (Å²) in [6, 6.07) is 6.86. The molecule has 2 aromatic rings. The summed E-state index contributed by atoms with van der Waals surface area (Å²) in [6.45, 7) is 0.721. The van der Waals surface area contributed by atoms with E-state index in [9.17, 15) is 4.39 Å². The number of ether oxygens (including phenoxy) is 2. The lowest BCUT2D eigenvalue weighted by Gasteiger charge is -2.12. The molecule has 1 heterocycles. The average molecular weight is 288 g/mol. The van der Waals surface area contributed by atoms with E-state index in [-0.39, 0.29) is 5.82 Å². The molecule has 4 nitrogen and oxygen atoms in total. The molecule has 1 saturated carbocycles. The number of halogens is 1. The van der Waals surface area contributed by atoms with Crippen LogP contribution in [-0.4, -0.2) is 18.7 Å². The van der Waals surface area contributed by atoms with Crippen LogP contribution in [0.2, 0.25) is 0 Å². The van der Waals surface area contributed by atoms with Gasteiger partial charge in [-0.05, 0) is 37.0 Å². The monoisotopic (exact) mass is 288 g/mol. The molecule has 0 unspecified atom stereocenters. The van der Waals surface area contributed by atoms with Crippen LogP contribution in [0.4, 0.5) is 10.2 Å². The van der Waals surface area contributed by atoms with Gasteiger partial charge < -0.3 is 15.2 Å². The fraction of sp³-hybridized carbons (Fsp3) is 0.312. The first kappa shape index (κ1) is 13.7. The zero-order valence-corrected chi connectivity index (χ0v) is 11.8. The fourth-order valence-electron chi connectivity index (χ4n) is 2.14. The highest BCUT2D eigenvalue weighted by Crippen LogP contribution is 2.36. The maximum atomic E-state index is 13.9. The average Bonchev–Trinajstić information content (AvgIpc) is 3.32. The number of nitrogens with zero attached hydrogens (tertiary/aromatic N) is 1. The van der Waals surface area contributed by atoms with Crippen LogP contribution < -0.4 is 15.2 Å². The Bertz CT molecular complexity index is 657. The van der Waals surface area contributed by atoms with E-state index < -0.39 is 5.82 Å². The van der Waals surface area contributed by atoms with Gasteiger partial charge in [0.15, 0.2) is 0 Å². The molecular formula is C16H17FN2O2. The van der Waals surface area contributed by atoms with Gasteiger partial charge in [0.25, 0.3) is 0 Å². The number of hydrogen-bond donors (Lipinski definition) is 1. The molecule has 1 aliphatic carbocycles. The third kappa shape index (κ3) is 3.07. The summed E-state index contributed by atoms with van der Waals surface area (Å²) in [5, 5.41) is 0. The second-order valence-corrected chi connectivity index (χ2v) is 5.21. The van der Waals surface area contributed by atoms with Crippen LogP contribution in [0.15, 0.2) is 30.5 Å². The molecule has 3 rings (SSSR count). The Morgan fingerprint density at radius 2 is 2.10 bits per heavy atom. The Kier molecular flexibility index (Phi) is 3.64. The molecule has 0 saturated heterocycles. The van der Waals surface area contributed by atoms with Crippen molar-refractivity contribution in [1.82, 2.24) is 4.98 Å². The Morgan fingerprint density at radius 1 is 1.29 bits per heavy atom. The van der Waals surface area contributed by atoms with Gasteiger partial charge in [0.05, 0.1) is 19.9 Å². The van der Waals surface area contributed by atoms with Crippen molar-refractivity contribution in [2.24, 2.45) is 5.92 Å². The lowest BCUT2D eigenvalue weighted by molar-refractivity contribution is 0.297. The molecule has 0 amide bonds. The predicted octanol–water partition coefficient (Wildman–Crippen LogP) is 3.27. The van der Waals surface area contributed by atoms with Crippen LogP contribution in [0, 0.1) is 11.7 Å². The van der Waals surface area contributed by atoms with E-state index in [1.54, 1.807) is 19.2 Å². The second-order valence-electron chi connectivity index (χ2n) is 5.21. The number of pyridine rings is 1. The highest BCUT2D eigenvalue weighted by molar-refractivity contribution is 5.73. The van der Waals surface area contributed by atoms with E-state index >= 15 is 0 Å². The van der Waals surface area contributed by atoms with E-state index in [1.165, 1.54) is 18.9 Å². The first-order valence-electron chi connectivity index (χ1n) is 6.89. The minimum absolute atomic E-state index is 0.266. The van der Waals surface area contributed by atoms with Crippen molar-refractivity contribution in [2.75, 3.05) is 19.5 Å². The van der Waals surface area contributed by atoms with Crippen molar-refractivity contribution < 1.29 is 13.9 Å². The summed E-state index contributed by atoms with van der Waals surface area (Å²) in [5.74, 6) is 1.78. The summed E-state index contributed by atoms with van der Waals surface area (Å²) in [6.07, 6.45) is 3.58. The van der Waals surface area contributed by atoms with Crippen LogP contribution in [0.25, 0.3) is 11.1 Å². The molecule has 1 aliphatic rings. The number of methoxy groups -OCH3 is 1. The third-order valence-electron chi connectivity index (χ3n) is 3.52. The normalized spacial score (nSPS) is 14.0. The number of nitrogen functional groups attached to an aromatic ring is 1. The summed E-state index contributed by atoms with van der Waals surface area (Å²) >= 11 is 0. The number of nitrogens with two attached hydrogens (primary N) is 1. The molecule has 0 radical (unpaired) electrons. The fourth-order valence-corrected chi connectivity index (χ4v) is 2.14. The van der Waals surface area contributed by atoms with Gasteiger partial charge in [-0.1, -0.05) is 0 Å². The highest BCUT2D eigenvalue weighted by atomic mass is 19.1. The number of rotatable bonds is 5. The van der Waals surface area contributed by atoms with Crippen molar-refractivity contribution >= 4 is 5.82 Å². The van der Waals surface area contributed by atoms with Gasteiger partial charge in [-0.15, -0.1) is 0 Å². The number of benzene rings is 1. The van der Waals surface area contributed by atoms with E-state index in [0.717, 1.165) is 18.6 Å². The van der Waals surface area contributed by atoms with Gasteiger partial charge in [0, 0.05) is 17.2 Å². The Labute approximate surface area is 122 Å². The van der Waals surface area contributed by atoms with Crippen molar-refractivity contribution in [3.63, 3.8) is 0 Å². The highest BCUT2D eigenvalue weighted by Gasteiger charge is 2.22. The number of anilines is 1. The maximum Gasteiger partial charge on any atom is 0.149 e. The molecule has 1 aromatic carbocycles. The minimum atomic E-state index is -0.436. The molecule has 0 spiro atoms. The van der Waals surface area contributed by atoms with Crippen molar-refractivity contribution in [1.29, 1.82) is 0 Å². The van der Waals surface area contributed by atoms with Crippen LogP contribution in [-0.2, 0) is 0 Å². The van der Waals surface area contributed by atoms with Crippen LogP contribution >= 0.6 is 0 Å². The quantitative estimate of drug-likeness (QED) is 0.917. The number of hydrogen-bond acceptors (Lipinski definition) is 4. The molecule has 1 aromatic heterocycles. The SMILES string of the molecule is COc1cc(OCC2CC2)ccc1-c1cc(N)ncc1F. The first-order chi connectivity index (χ1) is 10.2. The van der Waals surface area contributed by atoms with Gasteiger partial charge in [-0.3, -0.25) is 0 Å². The molecule has 0 atom stereocenters. The Morgan fingerprint density at radius 3 is 2.81 bits per heavy atom. The lowest BCUT2D eigenvalue weighted by atomic mass is 10.0. The molecule has 0 aliphatic heterocycles. The van der Waals surface area contributed by atoms with E-state index in [0.29, 0.717) is 22.8 Å². The second kappa shape index (κ2) is 5.60. The van der Waals surface area contributed by atoms with E-state index in [1.807, 2.05) is 6.07 Å². The maximum absolute atomic E-state index is 13.9. The predicted molar refractivity (Wildman–Crippen MR) is 78.8 cm³/mol. The van der Waals surface area contributed by atoms with Gasteiger partial charge >= 0.3 is 0 Å². The largest absolute Gasteiger partial charge is 0.496 e. The molecule has 0 bridgehead atoms. The van der Waals surface area contributed by atoms with Gasteiger partial charge in [-0.2, -0.15) is 0 Å². The van der Waals surface area contributed by atoms with Gasteiger partial charge in [-0.25, -0.2) is 9.37 Å². The summed E-state index contributed by atoms with van der Waals surface area (Å²) in [5.41, 5.74) is 6.63. The van der Waals surface area contributed by atoms with Crippen molar-refractivity contribution in [3.05, 3.63) is 36.3 Å². The molecule has 110 valence electrons. The van der Waals surface area contributed by atoms with E-state index in [2.05, 4.69) is 4.98 Å². The molecule has 5 heteroatoms. The van der Waals surface area contributed by atoms with Gasteiger partial charge in [0.2, 0.25) is 0 Å². The van der Waals surface area contributed by atoms with Crippen molar-refractivity contribution in [3.8, 4) is 22.6 Å². The summed E-state index contributed by atoms with van der Waals surface area (Å²) in [7, 11) is 1.55. The third-order valence-corrected chi connectivity index (χ3v) is 3.52. The molecule has 21 heavy (non-hydrogen) atoms. The Hall–Kier alpha value is -2.30. The zero-order chi connectivity index (χ0) is 14.8. The Balaban J connectivity index is 1.91. The molecular weight excluding hydrogens is 271 g/mol.